The number of aromatic hydroxyl groups is 2. The Morgan fingerprint density at radius 2 is 0.885 bits per heavy atom. The van der Waals surface area contributed by atoms with Gasteiger partial charge in [-0.3, -0.25) is 9.11 Å². The van der Waals surface area contributed by atoms with Crippen molar-refractivity contribution in [1.29, 1.82) is 0 Å². The number of azo groups is 2. The Hall–Kier alpha value is -5.94. The molecular formula is C36H32N6O8S2. The SMILES string of the molecule is CCNc1ccc2cc(S(=O)(=O)O)c(N=Nc3ccc(-c4ccc(N=Nc5c(S(=O)(=O)O)cc6ccc(NCC)cc6c5O)cc4)cc3)c(O)c2c1. The first kappa shape index (κ1) is 35.9. The predicted molar refractivity (Wildman–Crippen MR) is 199 cm³/mol. The normalized spacial score (nSPS) is 12.3. The van der Waals surface area contributed by atoms with Gasteiger partial charge in [0.2, 0.25) is 0 Å². The molecule has 0 heterocycles. The molecule has 0 fully saturated rings. The second kappa shape index (κ2) is 14.4. The lowest BCUT2D eigenvalue weighted by molar-refractivity contribution is 0.472. The molecule has 6 rings (SSSR count). The van der Waals surface area contributed by atoms with Gasteiger partial charge in [-0.1, -0.05) is 36.4 Å². The van der Waals surface area contributed by atoms with Gasteiger partial charge in [0.1, 0.15) is 21.2 Å². The minimum absolute atomic E-state index is 0.324. The molecule has 0 aliphatic rings. The minimum Gasteiger partial charge on any atom is -0.505 e. The third-order valence-electron chi connectivity index (χ3n) is 8.02. The summed E-state index contributed by atoms with van der Waals surface area (Å²) in [5.74, 6) is -0.906. The first-order valence-corrected chi connectivity index (χ1v) is 18.7. The smallest absolute Gasteiger partial charge is 0.296 e. The van der Waals surface area contributed by atoms with Crippen molar-refractivity contribution in [2.24, 2.45) is 20.5 Å². The summed E-state index contributed by atoms with van der Waals surface area (Å²) in [4.78, 5) is -1.18. The molecule has 0 atom stereocenters. The zero-order valence-electron chi connectivity index (χ0n) is 27.7. The van der Waals surface area contributed by atoms with Gasteiger partial charge >= 0.3 is 0 Å². The van der Waals surface area contributed by atoms with Crippen LogP contribution in [0.25, 0.3) is 32.7 Å². The van der Waals surface area contributed by atoms with Gasteiger partial charge in [-0.05, 0) is 96.4 Å². The molecule has 0 radical (unpaired) electrons. The van der Waals surface area contributed by atoms with Crippen molar-refractivity contribution in [1.82, 2.24) is 0 Å². The molecule has 6 aromatic rings. The van der Waals surface area contributed by atoms with Crippen LogP contribution in [0.5, 0.6) is 11.5 Å². The molecule has 0 saturated carbocycles. The molecular weight excluding hydrogens is 709 g/mol. The molecule has 0 aromatic heterocycles. The van der Waals surface area contributed by atoms with E-state index in [1.165, 1.54) is 12.1 Å². The van der Waals surface area contributed by atoms with E-state index < -0.39 is 52.9 Å². The fraction of sp³-hybridized carbons (Fsp3) is 0.111. The lowest BCUT2D eigenvalue weighted by Gasteiger charge is -2.11. The topological polar surface area (TPSA) is 223 Å². The van der Waals surface area contributed by atoms with E-state index in [2.05, 4.69) is 31.1 Å². The molecule has 0 amide bonds. The summed E-state index contributed by atoms with van der Waals surface area (Å²) in [6, 6.07) is 25.9. The fourth-order valence-electron chi connectivity index (χ4n) is 5.55. The third kappa shape index (κ3) is 7.54. The Morgan fingerprint density at radius 3 is 1.21 bits per heavy atom. The van der Waals surface area contributed by atoms with Crippen molar-refractivity contribution in [3.8, 4) is 22.6 Å². The van der Waals surface area contributed by atoms with Crippen LogP contribution >= 0.6 is 0 Å². The summed E-state index contributed by atoms with van der Waals surface area (Å²) in [6.45, 7) is 5.07. The molecule has 0 aliphatic heterocycles. The van der Waals surface area contributed by atoms with Crippen molar-refractivity contribution in [3.05, 3.63) is 97.1 Å². The molecule has 0 bridgehead atoms. The summed E-state index contributed by atoms with van der Waals surface area (Å²) in [6.07, 6.45) is 0. The van der Waals surface area contributed by atoms with Crippen LogP contribution in [0.4, 0.5) is 34.1 Å². The lowest BCUT2D eigenvalue weighted by atomic mass is 10.1. The summed E-state index contributed by atoms with van der Waals surface area (Å²) >= 11 is 0. The number of benzene rings is 6. The van der Waals surface area contributed by atoms with Crippen LogP contribution in [0.15, 0.2) is 127 Å². The van der Waals surface area contributed by atoms with Gasteiger partial charge < -0.3 is 20.8 Å². The largest absolute Gasteiger partial charge is 0.505 e. The second-order valence-corrected chi connectivity index (χ2v) is 14.3. The Bertz CT molecular complexity index is 2430. The monoisotopic (exact) mass is 740 g/mol. The number of anilines is 2. The van der Waals surface area contributed by atoms with Crippen LogP contribution in [-0.4, -0.2) is 49.2 Å². The number of nitrogens with zero attached hydrogens (tertiary/aromatic N) is 4. The van der Waals surface area contributed by atoms with E-state index in [0.29, 0.717) is 57.4 Å². The summed E-state index contributed by atoms with van der Waals surface area (Å²) in [5, 5.41) is 45.9. The standard InChI is InChI=1S/C36H32N6O8S2/c1-3-37-27-15-9-23-17-31(51(45,46)47)33(35(43)29(23)19-27)41-39-25-11-5-21(6-12-25)22-7-13-26(14-8-22)40-42-34-32(52(48,49)50)18-24-10-16-28(38-4-2)20-30(24)36(34)44/h5-20,37-38,43-44H,3-4H2,1-2H3,(H,45,46,47)(H,48,49,50). The third-order valence-corrected chi connectivity index (χ3v) is 9.76. The number of nitrogens with one attached hydrogen (secondary N) is 2. The Kier molecular flexibility index (Phi) is 9.90. The average molecular weight is 741 g/mol. The molecule has 0 aliphatic carbocycles. The predicted octanol–water partition coefficient (Wildman–Crippen LogP) is 9.26. The van der Waals surface area contributed by atoms with Gasteiger partial charge in [0.25, 0.3) is 20.2 Å². The summed E-state index contributed by atoms with van der Waals surface area (Å²) < 4.78 is 68.5. The molecule has 0 saturated heterocycles. The molecule has 266 valence electrons. The Morgan fingerprint density at radius 1 is 0.519 bits per heavy atom. The van der Waals surface area contributed by atoms with Crippen LogP contribution in [0.2, 0.25) is 0 Å². The molecule has 16 heteroatoms. The number of phenolic OH excluding ortho intramolecular Hbond substituents is 2. The van der Waals surface area contributed by atoms with E-state index in [-0.39, 0.29) is 0 Å². The highest BCUT2D eigenvalue weighted by Crippen LogP contribution is 2.44. The van der Waals surface area contributed by atoms with E-state index in [4.69, 9.17) is 0 Å². The highest BCUT2D eigenvalue weighted by Gasteiger charge is 2.23. The zero-order valence-corrected chi connectivity index (χ0v) is 29.3. The van der Waals surface area contributed by atoms with Crippen molar-refractivity contribution in [2.45, 2.75) is 23.6 Å². The van der Waals surface area contributed by atoms with Crippen LogP contribution in [0, 0.1) is 0 Å². The van der Waals surface area contributed by atoms with E-state index >= 15 is 0 Å². The molecule has 52 heavy (non-hydrogen) atoms. The van der Waals surface area contributed by atoms with Crippen molar-refractivity contribution in [3.63, 3.8) is 0 Å². The first-order chi connectivity index (χ1) is 24.8. The number of hydrogen-bond donors (Lipinski definition) is 6. The number of rotatable bonds is 11. The van der Waals surface area contributed by atoms with Crippen molar-refractivity contribution in [2.75, 3.05) is 23.7 Å². The van der Waals surface area contributed by atoms with E-state index in [1.807, 2.05) is 13.8 Å². The summed E-state index contributed by atoms with van der Waals surface area (Å²) in [5.41, 5.74) is 2.79. The van der Waals surface area contributed by atoms with E-state index in [0.717, 1.165) is 11.1 Å². The van der Waals surface area contributed by atoms with Crippen LogP contribution in [0.1, 0.15) is 13.8 Å². The first-order valence-electron chi connectivity index (χ1n) is 15.8. The average Bonchev–Trinajstić information content (AvgIpc) is 3.11. The van der Waals surface area contributed by atoms with E-state index in [9.17, 15) is 36.2 Å². The summed E-state index contributed by atoms with van der Waals surface area (Å²) in [7, 11) is -9.52. The van der Waals surface area contributed by atoms with E-state index in [1.54, 1.807) is 84.9 Å². The lowest BCUT2D eigenvalue weighted by Crippen LogP contribution is -2.00. The Labute approximate surface area is 298 Å². The number of hydrogen-bond acceptors (Lipinski definition) is 12. The Balaban J connectivity index is 1.25. The maximum absolute atomic E-state index is 12.2. The maximum atomic E-state index is 12.2. The second-order valence-electron chi connectivity index (χ2n) is 11.5. The molecule has 6 N–H and O–H groups in total. The minimum atomic E-state index is -4.76. The van der Waals surface area contributed by atoms with Gasteiger partial charge in [0, 0.05) is 35.2 Å². The van der Waals surface area contributed by atoms with Gasteiger partial charge in [-0.25, -0.2) is 0 Å². The maximum Gasteiger partial charge on any atom is 0.296 e. The van der Waals surface area contributed by atoms with Gasteiger partial charge in [0.05, 0.1) is 11.4 Å². The molecule has 14 nitrogen and oxygen atoms in total. The quantitative estimate of drug-likeness (QED) is 0.0545. The highest BCUT2D eigenvalue weighted by molar-refractivity contribution is 7.86. The fourth-order valence-corrected chi connectivity index (χ4v) is 6.87. The zero-order chi connectivity index (χ0) is 37.2. The van der Waals surface area contributed by atoms with Crippen LogP contribution in [-0.2, 0) is 20.2 Å². The van der Waals surface area contributed by atoms with Crippen LogP contribution in [0.3, 0.4) is 0 Å². The van der Waals surface area contributed by atoms with Crippen molar-refractivity contribution >= 4 is 75.9 Å². The van der Waals surface area contributed by atoms with Gasteiger partial charge in [-0.15, -0.1) is 10.2 Å². The van der Waals surface area contributed by atoms with Crippen LogP contribution < -0.4 is 10.6 Å². The molecule has 6 aromatic carbocycles. The van der Waals surface area contributed by atoms with Crippen molar-refractivity contribution < 1.29 is 36.2 Å². The number of fused-ring (bicyclic) bond motifs is 2. The molecule has 0 unspecified atom stereocenters. The van der Waals surface area contributed by atoms with Gasteiger partial charge in [-0.2, -0.15) is 27.1 Å². The molecule has 0 spiro atoms. The number of phenols is 2. The highest BCUT2D eigenvalue weighted by atomic mass is 32.2. The van der Waals surface area contributed by atoms with Gasteiger partial charge in [0.15, 0.2) is 11.5 Å².